The quantitative estimate of drug-likeness (QED) is 0.927. The van der Waals surface area contributed by atoms with E-state index in [1.165, 1.54) is 0 Å². The van der Waals surface area contributed by atoms with Gasteiger partial charge in [0.2, 0.25) is 5.89 Å². The van der Waals surface area contributed by atoms with Gasteiger partial charge in [-0.3, -0.25) is 9.78 Å². The van der Waals surface area contributed by atoms with Crippen LogP contribution in [-0.4, -0.2) is 41.2 Å². The van der Waals surface area contributed by atoms with E-state index in [-0.39, 0.29) is 17.7 Å². The molecule has 3 rings (SSSR count). The Morgan fingerprint density at radius 2 is 2.29 bits per heavy atom. The van der Waals surface area contributed by atoms with E-state index in [4.69, 9.17) is 4.52 Å². The Kier molecular flexibility index (Phi) is 4.78. The molecule has 1 aliphatic rings. The fraction of sp³-hybridized carbons (Fsp3) is 0.529. The molecule has 0 radical (unpaired) electrons. The highest BCUT2D eigenvalue weighted by molar-refractivity contribution is 5.92. The van der Waals surface area contributed by atoms with Crippen LogP contribution in [0.1, 0.15) is 60.7 Å². The molecular formula is C17H23N5O2. The van der Waals surface area contributed by atoms with Gasteiger partial charge in [0.1, 0.15) is 5.69 Å². The average molecular weight is 329 g/mol. The van der Waals surface area contributed by atoms with Gasteiger partial charge in [0.15, 0.2) is 5.82 Å². The fourth-order valence-electron chi connectivity index (χ4n) is 2.94. The summed E-state index contributed by atoms with van der Waals surface area (Å²) >= 11 is 0. The normalized spacial score (nSPS) is 18.0. The van der Waals surface area contributed by atoms with Crippen LogP contribution >= 0.6 is 0 Å². The first-order valence-electron chi connectivity index (χ1n) is 8.35. The van der Waals surface area contributed by atoms with Crippen molar-refractivity contribution in [3.63, 3.8) is 0 Å². The summed E-state index contributed by atoms with van der Waals surface area (Å²) in [5.74, 6) is 1.77. The molecule has 2 aromatic heterocycles. The van der Waals surface area contributed by atoms with E-state index in [0.717, 1.165) is 37.4 Å². The zero-order valence-electron chi connectivity index (χ0n) is 14.3. The number of nitrogens with one attached hydrogen (secondary N) is 1. The second-order valence-corrected chi connectivity index (χ2v) is 6.41. The third-order valence-corrected chi connectivity index (χ3v) is 4.31. The Morgan fingerprint density at radius 1 is 1.46 bits per heavy atom. The van der Waals surface area contributed by atoms with Crippen molar-refractivity contribution in [3.05, 3.63) is 35.7 Å². The van der Waals surface area contributed by atoms with E-state index < -0.39 is 0 Å². The first-order chi connectivity index (χ1) is 11.6. The Morgan fingerprint density at radius 3 is 3.00 bits per heavy atom. The van der Waals surface area contributed by atoms with E-state index in [0.29, 0.717) is 11.6 Å². The van der Waals surface area contributed by atoms with E-state index >= 15 is 0 Å². The molecule has 0 saturated carbocycles. The van der Waals surface area contributed by atoms with E-state index in [1.807, 2.05) is 26.0 Å². The van der Waals surface area contributed by atoms with Crippen LogP contribution in [0.4, 0.5) is 5.69 Å². The van der Waals surface area contributed by atoms with Gasteiger partial charge in [-0.15, -0.1) is 0 Å². The van der Waals surface area contributed by atoms with Gasteiger partial charge in [-0.25, -0.2) is 0 Å². The Hall–Kier alpha value is -2.44. The lowest BCUT2D eigenvalue weighted by atomic mass is 9.97. The van der Waals surface area contributed by atoms with Gasteiger partial charge in [-0.05, 0) is 25.0 Å². The predicted molar refractivity (Wildman–Crippen MR) is 90.2 cm³/mol. The van der Waals surface area contributed by atoms with Crippen LogP contribution < -0.4 is 10.2 Å². The van der Waals surface area contributed by atoms with Crippen LogP contribution in [0.25, 0.3) is 0 Å². The zero-order valence-corrected chi connectivity index (χ0v) is 14.3. The van der Waals surface area contributed by atoms with Crippen LogP contribution in [0.2, 0.25) is 0 Å². The summed E-state index contributed by atoms with van der Waals surface area (Å²) in [5.41, 5.74) is 1.43. The Balaban J connectivity index is 1.76. The van der Waals surface area contributed by atoms with Gasteiger partial charge in [0.25, 0.3) is 5.91 Å². The highest BCUT2D eigenvalue weighted by Crippen LogP contribution is 2.29. The standard InChI is InChI=1S/C17H23N5O2/c1-11(2)17-20-15(21-24-17)12-5-4-8-22(10-12)13-6-7-19-14(9-13)16(23)18-3/h6-7,9,11-12H,4-5,8,10H2,1-3H3,(H,18,23). The topological polar surface area (TPSA) is 84.2 Å². The molecule has 1 N–H and O–H groups in total. The Labute approximate surface area is 141 Å². The fourth-order valence-corrected chi connectivity index (χ4v) is 2.94. The number of pyridine rings is 1. The molecule has 24 heavy (non-hydrogen) atoms. The van der Waals surface area contributed by atoms with Gasteiger partial charge in [0, 0.05) is 43.9 Å². The number of carbonyl (C=O) groups excluding carboxylic acids is 1. The molecule has 1 aliphatic heterocycles. The van der Waals surface area contributed by atoms with Gasteiger partial charge < -0.3 is 14.7 Å². The second kappa shape index (κ2) is 6.98. The molecule has 1 saturated heterocycles. The summed E-state index contributed by atoms with van der Waals surface area (Å²) in [5, 5.41) is 6.77. The molecule has 1 unspecified atom stereocenters. The maximum atomic E-state index is 11.8. The summed E-state index contributed by atoms with van der Waals surface area (Å²) in [6.07, 6.45) is 3.77. The number of hydrogen-bond acceptors (Lipinski definition) is 6. The zero-order chi connectivity index (χ0) is 17.1. The number of aromatic nitrogens is 3. The van der Waals surface area contributed by atoms with Crippen LogP contribution in [0.15, 0.2) is 22.9 Å². The molecule has 1 atom stereocenters. The van der Waals surface area contributed by atoms with Crippen molar-refractivity contribution < 1.29 is 9.32 Å². The smallest absolute Gasteiger partial charge is 0.269 e. The van der Waals surface area contributed by atoms with Crippen molar-refractivity contribution in [1.29, 1.82) is 0 Å². The highest BCUT2D eigenvalue weighted by atomic mass is 16.5. The van der Waals surface area contributed by atoms with Crippen molar-refractivity contribution in [3.8, 4) is 0 Å². The van der Waals surface area contributed by atoms with Crippen molar-refractivity contribution in [2.45, 2.75) is 38.5 Å². The van der Waals surface area contributed by atoms with Gasteiger partial charge in [-0.1, -0.05) is 19.0 Å². The molecule has 128 valence electrons. The van der Waals surface area contributed by atoms with E-state index in [2.05, 4.69) is 25.3 Å². The lowest BCUT2D eigenvalue weighted by Crippen LogP contribution is -2.35. The minimum atomic E-state index is -0.176. The van der Waals surface area contributed by atoms with Gasteiger partial charge in [-0.2, -0.15) is 4.98 Å². The maximum Gasteiger partial charge on any atom is 0.269 e. The van der Waals surface area contributed by atoms with Gasteiger partial charge >= 0.3 is 0 Å². The molecule has 1 fully saturated rings. The highest BCUT2D eigenvalue weighted by Gasteiger charge is 2.26. The van der Waals surface area contributed by atoms with E-state index in [9.17, 15) is 4.79 Å². The summed E-state index contributed by atoms with van der Waals surface area (Å²) in [6.45, 7) is 5.85. The van der Waals surface area contributed by atoms with Crippen molar-refractivity contribution in [2.75, 3.05) is 25.0 Å². The van der Waals surface area contributed by atoms with E-state index in [1.54, 1.807) is 13.2 Å². The van der Waals surface area contributed by atoms with Crippen molar-refractivity contribution in [2.24, 2.45) is 0 Å². The Bertz CT molecular complexity index is 713. The van der Waals surface area contributed by atoms with Crippen LogP contribution in [0.5, 0.6) is 0 Å². The molecule has 1 amide bonds. The third-order valence-electron chi connectivity index (χ3n) is 4.31. The predicted octanol–water partition coefficient (Wildman–Crippen LogP) is 2.33. The lowest BCUT2D eigenvalue weighted by Gasteiger charge is -2.33. The SMILES string of the molecule is CNC(=O)c1cc(N2CCCC(c3noc(C(C)C)n3)C2)ccn1. The summed E-state index contributed by atoms with van der Waals surface area (Å²) in [4.78, 5) is 22.7. The largest absolute Gasteiger partial charge is 0.371 e. The van der Waals surface area contributed by atoms with Crippen molar-refractivity contribution >= 4 is 11.6 Å². The van der Waals surface area contributed by atoms with Gasteiger partial charge in [0.05, 0.1) is 0 Å². The van der Waals surface area contributed by atoms with Crippen LogP contribution in [-0.2, 0) is 0 Å². The minimum absolute atomic E-state index is 0.176. The van der Waals surface area contributed by atoms with Crippen LogP contribution in [0.3, 0.4) is 0 Å². The molecular weight excluding hydrogens is 306 g/mol. The summed E-state index contributed by atoms with van der Waals surface area (Å²) < 4.78 is 5.34. The number of carbonyl (C=O) groups is 1. The molecule has 0 spiro atoms. The monoisotopic (exact) mass is 329 g/mol. The van der Waals surface area contributed by atoms with Crippen molar-refractivity contribution in [1.82, 2.24) is 20.4 Å². The average Bonchev–Trinajstić information content (AvgIpc) is 3.12. The molecule has 0 aromatic carbocycles. The molecule has 0 bridgehead atoms. The first kappa shape index (κ1) is 16.4. The molecule has 2 aromatic rings. The molecule has 0 aliphatic carbocycles. The lowest BCUT2D eigenvalue weighted by molar-refractivity contribution is 0.0958. The summed E-state index contributed by atoms with van der Waals surface area (Å²) in [6, 6.07) is 3.77. The first-order valence-corrected chi connectivity index (χ1v) is 8.35. The summed E-state index contributed by atoms with van der Waals surface area (Å²) in [7, 11) is 1.61. The number of hydrogen-bond donors (Lipinski definition) is 1. The molecule has 3 heterocycles. The molecule has 7 heteroatoms. The number of anilines is 1. The minimum Gasteiger partial charge on any atom is -0.371 e. The maximum absolute atomic E-state index is 11.8. The number of rotatable bonds is 4. The number of nitrogens with zero attached hydrogens (tertiary/aromatic N) is 4. The third kappa shape index (κ3) is 3.39. The number of amides is 1. The van der Waals surface area contributed by atoms with Crippen LogP contribution in [0, 0.1) is 0 Å². The number of piperidine rings is 1. The molecule has 7 nitrogen and oxygen atoms in total. The second-order valence-electron chi connectivity index (χ2n) is 6.41.